The largest absolute Gasteiger partial charge is 0.382 e. The lowest BCUT2D eigenvalue weighted by Crippen LogP contribution is -2.40. The van der Waals surface area contributed by atoms with Gasteiger partial charge in [-0.1, -0.05) is 74.5 Å². The average molecular weight is 510 g/mol. The highest BCUT2D eigenvalue weighted by atomic mass is 32.2. The Morgan fingerprint density at radius 3 is 2.03 bits per heavy atom. The van der Waals surface area contributed by atoms with E-state index in [4.69, 9.17) is 4.84 Å². The van der Waals surface area contributed by atoms with Crippen LogP contribution in [0.5, 0.6) is 0 Å². The van der Waals surface area contributed by atoms with Gasteiger partial charge in [0, 0.05) is 27.8 Å². The molecule has 1 fully saturated rings. The zero-order chi connectivity index (χ0) is 26.0. The highest BCUT2D eigenvalue weighted by Gasteiger charge is 2.37. The van der Waals surface area contributed by atoms with Crippen molar-refractivity contribution in [2.45, 2.75) is 93.4 Å². The van der Waals surface area contributed by atoms with Gasteiger partial charge in [0.1, 0.15) is 11.3 Å². The molecule has 0 amide bonds. The summed E-state index contributed by atoms with van der Waals surface area (Å²) >= 11 is 1.52. The van der Waals surface area contributed by atoms with Crippen molar-refractivity contribution in [3.63, 3.8) is 0 Å². The number of oxime groups is 1. The van der Waals surface area contributed by atoms with Crippen LogP contribution in [0.3, 0.4) is 0 Å². The second kappa shape index (κ2) is 13.5. The van der Waals surface area contributed by atoms with Crippen molar-refractivity contribution in [1.29, 1.82) is 0 Å². The summed E-state index contributed by atoms with van der Waals surface area (Å²) in [6.07, 6.45) is 8.30. The van der Waals surface area contributed by atoms with E-state index in [1.54, 1.807) is 24.3 Å². The maximum atomic E-state index is 13.0. The number of carbonyl (C=O) groups excluding carboxylic acids is 3. The summed E-state index contributed by atoms with van der Waals surface area (Å²) in [6, 6.07) is 14.5. The second-order valence-corrected chi connectivity index (χ2v) is 10.5. The fourth-order valence-corrected chi connectivity index (χ4v) is 5.14. The van der Waals surface area contributed by atoms with Gasteiger partial charge in [0.25, 0.3) is 0 Å². The van der Waals surface area contributed by atoms with E-state index in [-0.39, 0.29) is 17.3 Å². The van der Waals surface area contributed by atoms with E-state index in [1.165, 1.54) is 18.7 Å². The Kier molecular flexibility index (Phi) is 10.4. The number of ketones is 2. The Balaban J connectivity index is 1.63. The van der Waals surface area contributed by atoms with Crippen molar-refractivity contribution in [1.82, 2.24) is 0 Å². The first kappa shape index (κ1) is 27.8. The molecule has 0 heterocycles. The minimum absolute atomic E-state index is 0.192. The molecule has 3 rings (SSSR count). The number of nitrogens with zero attached hydrogens (tertiary/aromatic N) is 1. The first-order chi connectivity index (χ1) is 17.3. The standard InChI is InChI=1S/C29H35NO5S/c1-3-4-5-7-10-26(30-35-21(2)31)27(32)22-11-15-24(16-12-22)36-25-17-13-23(14-18-25)28(33)29(34)19-8-6-9-20-29/h11-18,34H,3-10,19-20H2,1-2H3/b30-26+. The molecule has 1 aliphatic rings. The summed E-state index contributed by atoms with van der Waals surface area (Å²) < 4.78 is 0. The molecular weight excluding hydrogens is 474 g/mol. The number of aliphatic hydroxyl groups is 1. The quantitative estimate of drug-likeness (QED) is 0.111. The second-order valence-electron chi connectivity index (χ2n) is 9.33. The molecule has 0 unspecified atom stereocenters. The monoisotopic (exact) mass is 509 g/mol. The zero-order valence-corrected chi connectivity index (χ0v) is 21.9. The maximum Gasteiger partial charge on any atom is 0.331 e. The molecule has 0 bridgehead atoms. The van der Waals surface area contributed by atoms with E-state index in [1.807, 2.05) is 24.3 Å². The van der Waals surface area contributed by atoms with E-state index < -0.39 is 11.6 Å². The van der Waals surface area contributed by atoms with Gasteiger partial charge in [0.05, 0.1) is 0 Å². The van der Waals surface area contributed by atoms with Crippen molar-refractivity contribution in [3.05, 3.63) is 59.7 Å². The third kappa shape index (κ3) is 7.87. The molecule has 7 heteroatoms. The molecule has 192 valence electrons. The van der Waals surface area contributed by atoms with Crippen LogP contribution in [0.15, 0.2) is 63.5 Å². The average Bonchev–Trinajstić information content (AvgIpc) is 2.89. The van der Waals surface area contributed by atoms with Gasteiger partial charge in [-0.25, -0.2) is 4.79 Å². The van der Waals surface area contributed by atoms with E-state index in [0.29, 0.717) is 30.4 Å². The normalized spacial score (nSPS) is 15.4. The van der Waals surface area contributed by atoms with Crippen molar-refractivity contribution in [2.75, 3.05) is 0 Å². The number of unbranched alkanes of at least 4 members (excludes halogenated alkanes) is 3. The lowest BCUT2D eigenvalue weighted by molar-refractivity contribution is -0.140. The molecule has 0 aliphatic heterocycles. The summed E-state index contributed by atoms with van der Waals surface area (Å²) in [4.78, 5) is 43.6. The van der Waals surface area contributed by atoms with Crippen LogP contribution >= 0.6 is 11.8 Å². The molecule has 36 heavy (non-hydrogen) atoms. The number of carbonyl (C=O) groups is 3. The first-order valence-corrected chi connectivity index (χ1v) is 13.6. The Hall–Kier alpha value is -2.77. The molecule has 0 aromatic heterocycles. The van der Waals surface area contributed by atoms with Crippen molar-refractivity contribution in [2.24, 2.45) is 5.16 Å². The summed E-state index contributed by atoms with van der Waals surface area (Å²) in [6.45, 7) is 3.38. The summed E-state index contributed by atoms with van der Waals surface area (Å²) in [5, 5.41) is 14.5. The van der Waals surface area contributed by atoms with E-state index in [9.17, 15) is 19.5 Å². The van der Waals surface area contributed by atoms with Crippen molar-refractivity contribution >= 4 is 35.0 Å². The SMILES string of the molecule is CCCCCC/C(=N\OC(C)=O)C(=O)c1ccc(Sc2ccc(C(=O)C3(O)CCCCC3)cc2)cc1. The van der Waals surface area contributed by atoms with Crippen LogP contribution in [-0.2, 0) is 9.63 Å². The van der Waals surface area contributed by atoms with Gasteiger partial charge in [-0.3, -0.25) is 9.59 Å². The van der Waals surface area contributed by atoms with Crippen LogP contribution in [0.4, 0.5) is 0 Å². The summed E-state index contributed by atoms with van der Waals surface area (Å²) in [5.41, 5.74) is 0.0373. The Morgan fingerprint density at radius 2 is 1.47 bits per heavy atom. The first-order valence-electron chi connectivity index (χ1n) is 12.8. The van der Waals surface area contributed by atoms with Gasteiger partial charge in [-0.05, 0) is 62.1 Å². The molecule has 0 saturated heterocycles. The van der Waals surface area contributed by atoms with Crippen LogP contribution < -0.4 is 0 Å². The third-order valence-corrected chi connectivity index (χ3v) is 7.40. The molecule has 0 spiro atoms. The minimum atomic E-state index is -1.23. The zero-order valence-electron chi connectivity index (χ0n) is 21.1. The van der Waals surface area contributed by atoms with Crippen molar-refractivity contribution < 1.29 is 24.3 Å². The topological polar surface area (TPSA) is 93.0 Å². The molecule has 1 aliphatic carbocycles. The maximum absolute atomic E-state index is 13.0. The minimum Gasteiger partial charge on any atom is -0.382 e. The Morgan fingerprint density at radius 1 is 0.889 bits per heavy atom. The van der Waals surface area contributed by atoms with E-state index in [2.05, 4.69) is 12.1 Å². The lowest BCUT2D eigenvalue weighted by Gasteiger charge is -2.30. The van der Waals surface area contributed by atoms with Crippen LogP contribution in [0.2, 0.25) is 0 Å². The van der Waals surface area contributed by atoms with Gasteiger partial charge >= 0.3 is 5.97 Å². The molecule has 0 radical (unpaired) electrons. The molecule has 6 nitrogen and oxygen atoms in total. The highest BCUT2D eigenvalue weighted by Crippen LogP contribution is 2.33. The third-order valence-electron chi connectivity index (χ3n) is 6.39. The molecule has 1 N–H and O–H groups in total. The number of hydrogen-bond acceptors (Lipinski definition) is 7. The predicted octanol–water partition coefficient (Wildman–Crippen LogP) is 6.79. The van der Waals surface area contributed by atoms with Crippen LogP contribution in [0.25, 0.3) is 0 Å². The van der Waals surface area contributed by atoms with Crippen LogP contribution in [0.1, 0.15) is 98.8 Å². The number of hydrogen-bond donors (Lipinski definition) is 1. The van der Waals surface area contributed by atoms with E-state index >= 15 is 0 Å². The Labute approximate surface area is 217 Å². The van der Waals surface area contributed by atoms with Gasteiger partial charge in [0.2, 0.25) is 5.78 Å². The van der Waals surface area contributed by atoms with Crippen LogP contribution in [-0.4, -0.2) is 34.0 Å². The fraction of sp³-hybridized carbons (Fsp3) is 0.448. The predicted molar refractivity (Wildman–Crippen MR) is 142 cm³/mol. The van der Waals surface area contributed by atoms with Gasteiger partial charge in [-0.15, -0.1) is 0 Å². The van der Waals surface area contributed by atoms with Gasteiger partial charge < -0.3 is 9.94 Å². The molecule has 0 atom stereocenters. The molecule has 1 saturated carbocycles. The van der Waals surface area contributed by atoms with Gasteiger partial charge in [-0.2, -0.15) is 0 Å². The highest BCUT2D eigenvalue weighted by molar-refractivity contribution is 7.99. The summed E-state index contributed by atoms with van der Waals surface area (Å²) in [7, 11) is 0. The molecule has 2 aromatic rings. The van der Waals surface area contributed by atoms with Crippen molar-refractivity contribution in [3.8, 4) is 0 Å². The number of rotatable bonds is 12. The van der Waals surface area contributed by atoms with Gasteiger partial charge in [0.15, 0.2) is 5.78 Å². The fourth-order valence-electron chi connectivity index (χ4n) is 4.32. The smallest absolute Gasteiger partial charge is 0.331 e. The lowest BCUT2D eigenvalue weighted by atomic mass is 9.79. The molecule has 2 aromatic carbocycles. The summed E-state index contributed by atoms with van der Waals surface area (Å²) in [5.74, 6) is -0.989. The molecular formula is C29H35NO5S. The van der Waals surface area contributed by atoms with E-state index in [0.717, 1.165) is 54.7 Å². The van der Waals surface area contributed by atoms with Crippen LogP contribution in [0, 0.1) is 0 Å². The number of Topliss-reactive ketones (excluding diaryl/α,β-unsaturated/α-hetero) is 2. The number of benzene rings is 2. The Bertz CT molecular complexity index is 1070.